The lowest BCUT2D eigenvalue weighted by molar-refractivity contribution is 0.794. The Hall–Kier alpha value is -0.673. The average molecular weight is 169 g/mol. The molecule has 0 radical (unpaired) electrons. The van der Waals surface area contributed by atoms with Crippen LogP contribution in [0.4, 0.5) is 4.11 Å². The van der Waals surface area contributed by atoms with Gasteiger partial charge in [-0.1, -0.05) is 29.8 Å². The lowest BCUT2D eigenvalue weighted by Crippen LogP contribution is -2.14. The van der Waals surface area contributed by atoms with Crippen LogP contribution >= 0.6 is 0 Å². The molecule has 0 fully saturated rings. The molecular weight excluding hydrogens is 157 g/mol. The molecule has 0 aromatic heterocycles. The van der Waals surface area contributed by atoms with E-state index >= 15 is 0 Å². The third-order valence-electron chi connectivity index (χ3n) is 1.54. The average Bonchev–Trinajstić information content (AvgIpc) is 2.04. The number of benzene rings is 1. The first-order chi connectivity index (χ1) is 5.33. The van der Waals surface area contributed by atoms with Gasteiger partial charge < -0.3 is 9.09 Å². The highest BCUT2D eigenvalue weighted by Crippen LogP contribution is 2.01. The van der Waals surface area contributed by atoms with Gasteiger partial charge in [-0.15, -0.1) is 0 Å². The van der Waals surface area contributed by atoms with Gasteiger partial charge in [-0.2, -0.15) is 0 Å². The first-order valence-electron chi connectivity index (χ1n) is 3.65. The summed E-state index contributed by atoms with van der Waals surface area (Å²) < 4.78 is 11.8. The van der Waals surface area contributed by atoms with Crippen molar-refractivity contribution < 1.29 is 4.11 Å². The van der Waals surface area contributed by atoms with Crippen molar-refractivity contribution >= 4 is 10.0 Å². The molecule has 0 aliphatic rings. The number of hydrogen-bond donors (Lipinski definition) is 1. The molecule has 1 nitrogen and oxygen atoms in total. The third-order valence-corrected chi connectivity index (χ3v) is 1.98. The van der Waals surface area contributed by atoms with Crippen LogP contribution in [0.1, 0.15) is 11.1 Å². The highest BCUT2D eigenvalue weighted by Gasteiger charge is 1.90. The SMILES string of the molecule is Cc1ccc(CN[SiH2]F)cc1. The summed E-state index contributed by atoms with van der Waals surface area (Å²) in [6.07, 6.45) is 0. The largest absolute Gasteiger partial charge is 0.313 e. The Morgan fingerprint density at radius 3 is 2.55 bits per heavy atom. The monoisotopic (exact) mass is 169 g/mol. The summed E-state index contributed by atoms with van der Waals surface area (Å²) in [6, 6.07) is 8.12. The fraction of sp³-hybridized carbons (Fsp3) is 0.250. The van der Waals surface area contributed by atoms with Crippen molar-refractivity contribution in [3.8, 4) is 0 Å². The molecule has 1 N–H and O–H groups in total. The molecule has 0 atom stereocenters. The Bertz CT molecular complexity index is 210. The molecule has 11 heavy (non-hydrogen) atoms. The van der Waals surface area contributed by atoms with Crippen LogP contribution in [-0.2, 0) is 6.54 Å². The maximum Gasteiger partial charge on any atom is 0.289 e. The fourth-order valence-electron chi connectivity index (χ4n) is 0.898. The first kappa shape index (κ1) is 8.42. The van der Waals surface area contributed by atoms with E-state index in [9.17, 15) is 4.11 Å². The van der Waals surface area contributed by atoms with Gasteiger partial charge in [0.05, 0.1) is 0 Å². The van der Waals surface area contributed by atoms with E-state index in [2.05, 4.69) is 4.98 Å². The Kier molecular flexibility index (Phi) is 3.26. The molecule has 0 aliphatic heterocycles. The predicted octanol–water partition coefficient (Wildman–Crippen LogP) is 1.05. The van der Waals surface area contributed by atoms with Gasteiger partial charge in [0.1, 0.15) is 0 Å². The zero-order valence-electron chi connectivity index (χ0n) is 6.60. The molecule has 0 saturated heterocycles. The van der Waals surface area contributed by atoms with Gasteiger partial charge in [0.15, 0.2) is 0 Å². The first-order valence-corrected chi connectivity index (χ1v) is 4.89. The number of hydrogen-bond acceptors (Lipinski definition) is 1. The predicted molar refractivity (Wildman–Crippen MR) is 47.7 cm³/mol. The van der Waals surface area contributed by atoms with Crippen molar-refractivity contribution in [1.82, 2.24) is 4.98 Å². The van der Waals surface area contributed by atoms with Gasteiger partial charge in [-0.3, -0.25) is 0 Å². The van der Waals surface area contributed by atoms with Gasteiger partial charge in [0.25, 0.3) is 10.0 Å². The Labute approximate surface area is 68.7 Å². The van der Waals surface area contributed by atoms with Crippen LogP contribution in [0.2, 0.25) is 0 Å². The molecule has 0 aliphatic carbocycles. The van der Waals surface area contributed by atoms with Crippen molar-refractivity contribution in [3.05, 3.63) is 35.4 Å². The van der Waals surface area contributed by atoms with Gasteiger partial charge in [0.2, 0.25) is 0 Å². The van der Waals surface area contributed by atoms with Crippen LogP contribution in [0.15, 0.2) is 24.3 Å². The molecule has 0 spiro atoms. The summed E-state index contributed by atoms with van der Waals surface area (Å²) in [5.41, 5.74) is 2.40. The van der Waals surface area contributed by atoms with Crippen LogP contribution in [0.5, 0.6) is 0 Å². The summed E-state index contributed by atoms with van der Waals surface area (Å²) in [7, 11) is -1.49. The van der Waals surface area contributed by atoms with E-state index in [0.29, 0.717) is 6.54 Å². The van der Waals surface area contributed by atoms with Crippen LogP contribution in [-0.4, -0.2) is 10.0 Å². The van der Waals surface area contributed by atoms with Crippen molar-refractivity contribution in [2.45, 2.75) is 13.5 Å². The van der Waals surface area contributed by atoms with E-state index in [1.807, 2.05) is 31.2 Å². The van der Waals surface area contributed by atoms with E-state index in [0.717, 1.165) is 5.56 Å². The maximum absolute atomic E-state index is 11.8. The summed E-state index contributed by atoms with van der Waals surface area (Å²) >= 11 is 0. The summed E-state index contributed by atoms with van der Waals surface area (Å²) in [5.74, 6) is 0. The third kappa shape index (κ3) is 2.82. The summed E-state index contributed by atoms with van der Waals surface area (Å²) in [6.45, 7) is 2.71. The minimum absolute atomic E-state index is 0.670. The molecule has 60 valence electrons. The van der Waals surface area contributed by atoms with E-state index < -0.39 is 10.0 Å². The summed E-state index contributed by atoms with van der Waals surface area (Å²) in [4.78, 5) is 2.76. The second-order valence-electron chi connectivity index (χ2n) is 2.55. The second-order valence-corrected chi connectivity index (χ2v) is 3.31. The molecule has 0 bridgehead atoms. The van der Waals surface area contributed by atoms with Gasteiger partial charge in [-0.25, -0.2) is 0 Å². The lowest BCUT2D eigenvalue weighted by atomic mass is 10.2. The minimum Gasteiger partial charge on any atom is -0.313 e. The molecule has 1 rings (SSSR count). The number of nitrogens with one attached hydrogen (secondary N) is 1. The van der Waals surface area contributed by atoms with Crippen LogP contribution in [0.25, 0.3) is 0 Å². The van der Waals surface area contributed by atoms with E-state index in [1.165, 1.54) is 5.56 Å². The zero-order chi connectivity index (χ0) is 8.10. The molecule has 1 aromatic carbocycles. The molecule has 0 saturated carbocycles. The van der Waals surface area contributed by atoms with Crippen LogP contribution in [0, 0.1) is 6.92 Å². The Balaban J connectivity index is 2.52. The molecular formula is C8H12FNSi. The normalized spacial score (nSPS) is 11.1. The van der Waals surface area contributed by atoms with Gasteiger partial charge in [0, 0.05) is 6.54 Å². The smallest absolute Gasteiger partial charge is 0.289 e. The standard InChI is InChI=1S/C8H12FNSi/c1-7-2-4-8(5-3-7)6-10-11-9/h2-5,10H,6,11H2,1H3. The fourth-order valence-corrected chi connectivity index (χ4v) is 1.28. The quantitative estimate of drug-likeness (QED) is 0.527. The van der Waals surface area contributed by atoms with E-state index in [-0.39, 0.29) is 0 Å². The Morgan fingerprint density at radius 1 is 1.36 bits per heavy atom. The van der Waals surface area contributed by atoms with Crippen LogP contribution < -0.4 is 4.98 Å². The summed E-state index contributed by atoms with van der Waals surface area (Å²) in [5, 5.41) is 0. The molecule has 0 heterocycles. The van der Waals surface area contributed by atoms with Crippen molar-refractivity contribution in [3.63, 3.8) is 0 Å². The molecule has 1 aromatic rings. The molecule has 0 unspecified atom stereocenters. The highest BCUT2D eigenvalue weighted by molar-refractivity contribution is 6.22. The van der Waals surface area contributed by atoms with Crippen molar-refractivity contribution in [2.24, 2.45) is 0 Å². The van der Waals surface area contributed by atoms with Crippen molar-refractivity contribution in [2.75, 3.05) is 0 Å². The van der Waals surface area contributed by atoms with Crippen molar-refractivity contribution in [1.29, 1.82) is 0 Å². The zero-order valence-corrected chi connectivity index (χ0v) is 8.02. The topological polar surface area (TPSA) is 12.0 Å². The minimum atomic E-state index is -1.49. The Morgan fingerprint density at radius 2 is 2.00 bits per heavy atom. The molecule has 3 heteroatoms. The van der Waals surface area contributed by atoms with E-state index in [1.54, 1.807) is 0 Å². The number of rotatable bonds is 3. The van der Waals surface area contributed by atoms with E-state index in [4.69, 9.17) is 0 Å². The molecule has 0 amide bonds. The number of aryl methyl sites for hydroxylation is 1. The lowest BCUT2D eigenvalue weighted by Gasteiger charge is -1.99. The second kappa shape index (κ2) is 4.26. The van der Waals surface area contributed by atoms with Gasteiger partial charge in [-0.05, 0) is 12.5 Å². The highest BCUT2D eigenvalue weighted by atomic mass is 28.3. The van der Waals surface area contributed by atoms with Gasteiger partial charge >= 0.3 is 0 Å². The van der Waals surface area contributed by atoms with Crippen LogP contribution in [0.3, 0.4) is 0 Å². The maximum atomic E-state index is 11.8. The number of halogens is 1.